The van der Waals surface area contributed by atoms with Gasteiger partial charge < -0.3 is 4.98 Å². The Kier molecular flexibility index (Phi) is 2.90. The lowest BCUT2D eigenvalue weighted by atomic mass is 9.93. The normalized spacial score (nSPS) is 15.2. The van der Waals surface area contributed by atoms with Gasteiger partial charge in [0.05, 0.1) is 23.3 Å². The highest BCUT2D eigenvalue weighted by atomic mass is 79.9. The van der Waals surface area contributed by atoms with Crippen LogP contribution in [0.1, 0.15) is 25.3 Å². The number of H-pyrrole nitrogens is 1. The molecule has 0 atom stereocenters. The van der Waals surface area contributed by atoms with Crippen LogP contribution in [0.4, 0.5) is 0 Å². The number of aromatic amines is 1. The molecule has 1 aliphatic carbocycles. The molecule has 0 aliphatic heterocycles. The van der Waals surface area contributed by atoms with Gasteiger partial charge in [0.1, 0.15) is 0 Å². The van der Waals surface area contributed by atoms with Crippen molar-refractivity contribution >= 4 is 32.5 Å². The van der Waals surface area contributed by atoms with Crippen LogP contribution in [-0.4, -0.2) is 29.4 Å². The third kappa shape index (κ3) is 1.96. The van der Waals surface area contributed by atoms with Crippen molar-refractivity contribution in [2.75, 3.05) is 0 Å². The molecule has 0 spiro atoms. The van der Waals surface area contributed by atoms with E-state index in [0.717, 1.165) is 33.8 Å². The molecule has 8 heteroatoms. The average Bonchev–Trinajstić information content (AvgIpc) is 3.14. The number of hydrogen-bond donors (Lipinski definition) is 1. The number of benzene rings is 1. The first-order chi connectivity index (χ1) is 11.7. The molecule has 0 saturated heterocycles. The molecule has 7 nitrogen and oxygen atoms in total. The first-order valence-electron chi connectivity index (χ1n) is 7.82. The van der Waals surface area contributed by atoms with Crippen molar-refractivity contribution in [3.05, 3.63) is 45.5 Å². The predicted octanol–water partition coefficient (Wildman–Crippen LogP) is 2.92. The highest BCUT2D eigenvalue weighted by Gasteiger charge is 2.21. The Morgan fingerprint density at radius 2 is 2.17 bits per heavy atom. The molecule has 1 fully saturated rings. The number of nitrogens with zero attached hydrogens (tertiary/aromatic N) is 5. The number of fused-ring (bicyclic) bond motifs is 3. The Labute approximate surface area is 144 Å². The standard InChI is InChI=1S/C16H13BrN6O/c17-12-6-2-5-11-13(12)19-16(24)23-15(11)20-14(21-23)9-7-18-22(8-9)10-3-1-4-10/h2,5-8,10H,1,3-4H2,(H,19,24). The zero-order valence-corrected chi connectivity index (χ0v) is 14.2. The first-order valence-corrected chi connectivity index (χ1v) is 8.62. The number of nitrogens with one attached hydrogen (secondary N) is 1. The van der Waals surface area contributed by atoms with E-state index in [1.807, 2.05) is 29.1 Å². The van der Waals surface area contributed by atoms with Crippen LogP contribution in [0.5, 0.6) is 0 Å². The van der Waals surface area contributed by atoms with E-state index in [0.29, 0.717) is 17.5 Å². The SMILES string of the molecule is O=c1[nH]c2c(Br)cccc2c2nc(-c3cnn(C4CCC4)c3)nn12. The van der Waals surface area contributed by atoms with E-state index in [1.165, 1.54) is 10.9 Å². The smallest absolute Gasteiger partial charge is 0.304 e. The van der Waals surface area contributed by atoms with Gasteiger partial charge in [0, 0.05) is 16.1 Å². The molecule has 4 aromatic rings. The summed E-state index contributed by atoms with van der Waals surface area (Å²) < 4.78 is 4.11. The van der Waals surface area contributed by atoms with Crippen LogP contribution < -0.4 is 5.69 Å². The highest BCUT2D eigenvalue weighted by Crippen LogP contribution is 2.32. The number of para-hydroxylation sites is 1. The fourth-order valence-electron chi connectivity index (χ4n) is 3.05. The van der Waals surface area contributed by atoms with Crippen LogP contribution >= 0.6 is 15.9 Å². The van der Waals surface area contributed by atoms with Gasteiger partial charge in [-0.1, -0.05) is 6.07 Å². The van der Waals surface area contributed by atoms with Crippen molar-refractivity contribution in [2.24, 2.45) is 0 Å². The van der Waals surface area contributed by atoms with E-state index >= 15 is 0 Å². The van der Waals surface area contributed by atoms with Gasteiger partial charge in [-0.25, -0.2) is 9.78 Å². The van der Waals surface area contributed by atoms with Gasteiger partial charge in [0.2, 0.25) is 0 Å². The van der Waals surface area contributed by atoms with Crippen molar-refractivity contribution in [1.29, 1.82) is 0 Å². The maximum Gasteiger partial charge on any atom is 0.348 e. The van der Waals surface area contributed by atoms with E-state index in [-0.39, 0.29) is 5.69 Å². The zero-order valence-electron chi connectivity index (χ0n) is 12.6. The third-order valence-electron chi connectivity index (χ3n) is 4.59. The lowest BCUT2D eigenvalue weighted by molar-refractivity contribution is 0.289. The minimum absolute atomic E-state index is 0.311. The van der Waals surface area contributed by atoms with Crippen LogP contribution in [0.2, 0.25) is 0 Å². The summed E-state index contributed by atoms with van der Waals surface area (Å²) in [7, 11) is 0. The molecular formula is C16H13BrN6O. The minimum Gasteiger partial charge on any atom is -0.304 e. The first kappa shape index (κ1) is 13.9. The van der Waals surface area contributed by atoms with Crippen molar-refractivity contribution in [1.82, 2.24) is 29.4 Å². The topological polar surface area (TPSA) is 80.9 Å². The van der Waals surface area contributed by atoms with Gasteiger partial charge in [0.15, 0.2) is 11.5 Å². The molecule has 0 radical (unpaired) electrons. The van der Waals surface area contributed by atoms with Crippen molar-refractivity contribution in [2.45, 2.75) is 25.3 Å². The maximum absolute atomic E-state index is 12.3. The summed E-state index contributed by atoms with van der Waals surface area (Å²) in [5, 5.41) is 9.63. The second-order valence-corrected chi connectivity index (χ2v) is 6.91. The summed E-state index contributed by atoms with van der Waals surface area (Å²) >= 11 is 3.46. The molecule has 1 N–H and O–H groups in total. The van der Waals surface area contributed by atoms with E-state index in [2.05, 4.69) is 36.1 Å². The molecule has 1 saturated carbocycles. The van der Waals surface area contributed by atoms with Gasteiger partial charge in [-0.15, -0.1) is 5.10 Å². The number of hydrogen-bond acceptors (Lipinski definition) is 4. The molecule has 0 unspecified atom stereocenters. The van der Waals surface area contributed by atoms with Gasteiger partial charge in [0.25, 0.3) is 0 Å². The van der Waals surface area contributed by atoms with Gasteiger partial charge >= 0.3 is 5.69 Å². The van der Waals surface area contributed by atoms with Gasteiger partial charge in [-0.05, 0) is 47.3 Å². The van der Waals surface area contributed by atoms with Crippen molar-refractivity contribution in [3.8, 4) is 11.4 Å². The summed E-state index contributed by atoms with van der Waals surface area (Å²) in [6.07, 6.45) is 7.31. The lowest BCUT2D eigenvalue weighted by Crippen LogP contribution is -2.17. The van der Waals surface area contributed by atoms with E-state index in [4.69, 9.17) is 0 Å². The molecule has 3 aromatic heterocycles. The molecule has 1 aliphatic rings. The van der Waals surface area contributed by atoms with Crippen LogP contribution in [0.25, 0.3) is 27.9 Å². The Morgan fingerprint density at radius 1 is 1.29 bits per heavy atom. The van der Waals surface area contributed by atoms with Crippen molar-refractivity contribution < 1.29 is 0 Å². The molecule has 24 heavy (non-hydrogen) atoms. The molecule has 0 bridgehead atoms. The second kappa shape index (κ2) is 5.01. The second-order valence-electron chi connectivity index (χ2n) is 6.06. The fourth-order valence-corrected chi connectivity index (χ4v) is 3.52. The largest absolute Gasteiger partial charge is 0.348 e. The van der Waals surface area contributed by atoms with Crippen LogP contribution in [0.3, 0.4) is 0 Å². The molecule has 0 amide bonds. The molecule has 120 valence electrons. The number of aromatic nitrogens is 6. The maximum atomic E-state index is 12.3. The molecule has 5 rings (SSSR count). The van der Waals surface area contributed by atoms with E-state index < -0.39 is 0 Å². The summed E-state index contributed by atoms with van der Waals surface area (Å²) in [4.78, 5) is 19.8. The van der Waals surface area contributed by atoms with Gasteiger partial charge in [-0.2, -0.15) is 9.61 Å². The fraction of sp³-hybridized carbons (Fsp3) is 0.250. The van der Waals surface area contributed by atoms with Crippen molar-refractivity contribution in [3.63, 3.8) is 0 Å². The third-order valence-corrected chi connectivity index (χ3v) is 5.26. The Hall–Kier alpha value is -2.48. The minimum atomic E-state index is -0.311. The highest BCUT2D eigenvalue weighted by molar-refractivity contribution is 9.10. The van der Waals surface area contributed by atoms with E-state index in [1.54, 1.807) is 6.20 Å². The summed E-state index contributed by atoms with van der Waals surface area (Å²) in [5.41, 5.74) is 1.78. The zero-order chi connectivity index (χ0) is 16.3. The molecule has 1 aromatic carbocycles. The summed E-state index contributed by atoms with van der Waals surface area (Å²) in [6.45, 7) is 0. The quantitative estimate of drug-likeness (QED) is 0.575. The summed E-state index contributed by atoms with van der Waals surface area (Å²) in [6, 6.07) is 6.19. The predicted molar refractivity (Wildman–Crippen MR) is 92.9 cm³/mol. The molecule has 3 heterocycles. The Bertz CT molecular complexity index is 1140. The van der Waals surface area contributed by atoms with Crippen LogP contribution in [-0.2, 0) is 0 Å². The van der Waals surface area contributed by atoms with Crippen LogP contribution in [0, 0.1) is 0 Å². The average molecular weight is 385 g/mol. The Morgan fingerprint density at radius 3 is 2.96 bits per heavy atom. The lowest BCUT2D eigenvalue weighted by Gasteiger charge is -2.25. The Balaban J connectivity index is 1.71. The number of rotatable bonds is 2. The molecular weight excluding hydrogens is 372 g/mol. The van der Waals surface area contributed by atoms with E-state index in [9.17, 15) is 4.79 Å². The number of halogens is 1. The summed E-state index contributed by atoms with van der Waals surface area (Å²) in [5.74, 6) is 0.513. The van der Waals surface area contributed by atoms with Gasteiger partial charge in [-0.3, -0.25) is 4.68 Å². The monoisotopic (exact) mass is 384 g/mol. The van der Waals surface area contributed by atoms with Crippen LogP contribution in [0.15, 0.2) is 39.9 Å².